The standard InChI is InChI=1S/C9H18N/c1-3-8-5-9-7-10(9,4-2)6-8/h8-9H,3-7H2,1-2H3/q+1. The molecule has 2 saturated heterocycles. The van der Waals surface area contributed by atoms with Crippen LogP contribution in [0.2, 0.25) is 0 Å². The van der Waals surface area contributed by atoms with E-state index < -0.39 is 0 Å². The van der Waals surface area contributed by atoms with E-state index in [1.165, 1.54) is 37.0 Å². The molecule has 2 fully saturated rings. The molecule has 0 spiro atoms. The lowest BCUT2D eigenvalue weighted by molar-refractivity contribution is -0.803. The molecule has 0 aromatic rings. The number of piperidine rings is 1. The molecule has 58 valence electrons. The molecule has 1 nitrogen and oxygen atoms in total. The van der Waals surface area contributed by atoms with E-state index in [0.717, 1.165) is 12.0 Å². The van der Waals surface area contributed by atoms with Crippen LogP contribution >= 0.6 is 0 Å². The first-order valence-corrected chi connectivity index (χ1v) is 4.66. The summed E-state index contributed by atoms with van der Waals surface area (Å²) in [6, 6.07) is 1.09. The van der Waals surface area contributed by atoms with Gasteiger partial charge in [-0.2, -0.15) is 0 Å². The van der Waals surface area contributed by atoms with Crippen molar-refractivity contribution in [1.29, 1.82) is 0 Å². The third kappa shape index (κ3) is 0.731. The summed E-state index contributed by atoms with van der Waals surface area (Å²) in [5, 5.41) is 0. The van der Waals surface area contributed by atoms with E-state index in [9.17, 15) is 0 Å². The maximum absolute atomic E-state index is 2.35. The Bertz CT molecular complexity index is 140. The second-order valence-corrected chi connectivity index (χ2v) is 4.06. The van der Waals surface area contributed by atoms with Crippen LogP contribution in [0.3, 0.4) is 0 Å². The Kier molecular flexibility index (Phi) is 1.31. The Balaban J connectivity index is 1.97. The SMILES string of the molecule is CCC1CC2C[N+]2(CC)C1. The van der Waals surface area contributed by atoms with Crippen LogP contribution in [0.4, 0.5) is 0 Å². The monoisotopic (exact) mass is 140 g/mol. The summed E-state index contributed by atoms with van der Waals surface area (Å²) in [6.07, 6.45) is 2.95. The second kappa shape index (κ2) is 1.97. The molecule has 2 aliphatic rings. The Hall–Kier alpha value is -0.0400. The van der Waals surface area contributed by atoms with Gasteiger partial charge < -0.3 is 4.48 Å². The molecule has 10 heavy (non-hydrogen) atoms. The zero-order chi connectivity index (χ0) is 7.19. The molecule has 0 bridgehead atoms. The summed E-state index contributed by atoms with van der Waals surface area (Å²) in [5.74, 6) is 1.07. The molecule has 0 radical (unpaired) electrons. The molecule has 0 saturated carbocycles. The van der Waals surface area contributed by atoms with Gasteiger partial charge in [0.25, 0.3) is 0 Å². The van der Waals surface area contributed by atoms with Crippen LogP contribution in [-0.2, 0) is 0 Å². The summed E-state index contributed by atoms with van der Waals surface area (Å²) >= 11 is 0. The lowest BCUT2D eigenvalue weighted by Crippen LogP contribution is -2.27. The van der Waals surface area contributed by atoms with Crippen molar-refractivity contribution in [2.24, 2.45) is 5.92 Å². The van der Waals surface area contributed by atoms with Crippen LogP contribution in [0, 0.1) is 5.92 Å². The van der Waals surface area contributed by atoms with E-state index in [0.29, 0.717) is 0 Å². The molecule has 0 aromatic carbocycles. The minimum Gasteiger partial charge on any atom is -0.312 e. The summed E-state index contributed by atoms with van der Waals surface area (Å²) in [4.78, 5) is 0. The fraction of sp³-hybridized carbons (Fsp3) is 1.00. The molecule has 1 heteroatoms. The van der Waals surface area contributed by atoms with Gasteiger partial charge in [0, 0.05) is 12.3 Å². The van der Waals surface area contributed by atoms with Crippen molar-refractivity contribution in [3.05, 3.63) is 0 Å². The Morgan fingerprint density at radius 1 is 1.30 bits per heavy atom. The highest BCUT2D eigenvalue weighted by molar-refractivity contribution is 4.85. The van der Waals surface area contributed by atoms with E-state index in [2.05, 4.69) is 13.8 Å². The van der Waals surface area contributed by atoms with Crippen molar-refractivity contribution in [2.75, 3.05) is 19.6 Å². The fourth-order valence-electron chi connectivity index (χ4n) is 2.68. The number of hydrogen-bond donors (Lipinski definition) is 0. The smallest absolute Gasteiger partial charge is 0.139 e. The molecule has 0 amide bonds. The first-order valence-electron chi connectivity index (χ1n) is 4.66. The molecule has 3 atom stereocenters. The predicted molar refractivity (Wildman–Crippen MR) is 42.7 cm³/mol. The highest BCUT2D eigenvalue weighted by atomic mass is 15.5. The molecule has 0 aromatic heterocycles. The van der Waals surface area contributed by atoms with E-state index in [1.54, 1.807) is 0 Å². The minimum atomic E-state index is 1.07. The normalized spacial score (nSPS) is 51.0. The van der Waals surface area contributed by atoms with Gasteiger partial charge in [-0.15, -0.1) is 0 Å². The van der Waals surface area contributed by atoms with E-state index >= 15 is 0 Å². The molecule has 2 rings (SSSR count). The Morgan fingerprint density at radius 2 is 2.10 bits per heavy atom. The van der Waals surface area contributed by atoms with Crippen LogP contribution in [0.15, 0.2) is 0 Å². The van der Waals surface area contributed by atoms with Crippen molar-refractivity contribution < 1.29 is 4.48 Å². The fourth-order valence-corrected chi connectivity index (χ4v) is 2.68. The maximum atomic E-state index is 2.35. The quantitative estimate of drug-likeness (QED) is 0.404. The number of nitrogens with zero attached hydrogens (tertiary/aromatic N) is 1. The lowest BCUT2D eigenvalue weighted by Gasteiger charge is -2.14. The zero-order valence-corrected chi connectivity index (χ0v) is 7.14. The van der Waals surface area contributed by atoms with Crippen molar-refractivity contribution in [3.8, 4) is 0 Å². The first-order chi connectivity index (χ1) is 4.80. The van der Waals surface area contributed by atoms with Crippen LogP contribution in [0.5, 0.6) is 0 Å². The number of rotatable bonds is 2. The van der Waals surface area contributed by atoms with Crippen molar-refractivity contribution in [2.45, 2.75) is 32.7 Å². The molecular weight excluding hydrogens is 122 g/mol. The average Bonchev–Trinajstić information content (AvgIpc) is 2.55. The van der Waals surface area contributed by atoms with Crippen LogP contribution in [0.1, 0.15) is 26.7 Å². The van der Waals surface area contributed by atoms with E-state index in [1.807, 2.05) is 0 Å². The Labute approximate surface area is 63.6 Å². The van der Waals surface area contributed by atoms with E-state index in [4.69, 9.17) is 0 Å². The van der Waals surface area contributed by atoms with Crippen LogP contribution < -0.4 is 0 Å². The average molecular weight is 140 g/mol. The van der Waals surface area contributed by atoms with Crippen molar-refractivity contribution in [3.63, 3.8) is 0 Å². The van der Waals surface area contributed by atoms with Crippen LogP contribution in [-0.4, -0.2) is 30.2 Å². The molecule has 0 N–H and O–H groups in total. The Morgan fingerprint density at radius 3 is 2.50 bits per heavy atom. The van der Waals surface area contributed by atoms with Gasteiger partial charge in [-0.05, 0) is 13.3 Å². The minimum absolute atomic E-state index is 1.07. The third-order valence-corrected chi connectivity index (χ3v) is 3.65. The topological polar surface area (TPSA) is 0 Å². The van der Waals surface area contributed by atoms with E-state index in [-0.39, 0.29) is 0 Å². The van der Waals surface area contributed by atoms with Crippen molar-refractivity contribution >= 4 is 0 Å². The highest BCUT2D eigenvalue weighted by Gasteiger charge is 2.59. The van der Waals surface area contributed by atoms with Gasteiger partial charge in [0.15, 0.2) is 0 Å². The summed E-state index contributed by atoms with van der Waals surface area (Å²) in [6.45, 7) is 9.08. The van der Waals surface area contributed by atoms with Crippen molar-refractivity contribution in [1.82, 2.24) is 0 Å². The van der Waals surface area contributed by atoms with Gasteiger partial charge in [-0.1, -0.05) is 6.92 Å². The number of quaternary nitrogens is 1. The van der Waals surface area contributed by atoms with Gasteiger partial charge >= 0.3 is 0 Å². The molecule has 0 aliphatic carbocycles. The number of fused-ring (bicyclic) bond motifs is 1. The van der Waals surface area contributed by atoms with Gasteiger partial charge in [0.2, 0.25) is 0 Å². The third-order valence-electron chi connectivity index (χ3n) is 3.65. The van der Waals surface area contributed by atoms with Gasteiger partial charge in [0.05, 0.1) is 13.1 Å². The molecule has 3 unspecified atom stereocenters. The highest BCUT2D eigenvalue weighted by Crippen LogP contribution is 2.44. The molecular formula is C9H18N+. The first kappa shape index (κ1) is 6.66. The molecule has 2 aliphatic heterocycles. The maximum Gasteiger partial charge on any atom is 0.139 e. The summed E-state index contributed by atoms with van der Waals surface area (Å²) in [7, 11) is 0. The summed E-state index contributed by atoms with van der Waals surface area (Å²) < 4.78 is 1.48. The van der Waals surface area contributed by atoms with Crippen LogP contribution in [0.25, 0.3) is 0 Å². The van der Waals surface area contributed by atoms with Gasteiger partial charge in [-0.25, -0.2) is 0 Å². The molecule has 2 heterocycles. The second-order valence-electron chi connectivity index (χ2n) is 4.06. The van der Waals surface area contributed by atoms with Gasteiger partial charge in [0.1, 0.15) is 12.6 Å². The lowest BCUT2D eigenvalue weighted by atomic mass is 10.0. The predicted octanol–water partition coefficient (Wildman–Crippen LogP) is 1.64. The largest absolute Gasteiger partial charge is 0.312 e. The zero-order valence-electron chi connectivity index (χ0n) is 7.14. The number of hydrogen-bond acceptors (Lipinski definition) is 0. The summed E-state index contributed by atoms with van der Waals surface area (Å²) in [5.41, 5.74) is 0. The van der Waals surface area contributed by atoms with Gasteiger partial charge in [-0.3, -0.25) is 0 Å². The number of likely N-dealkylation sites (N-methyl/N-ethyl adjacent to an activating group) is 1.